The molecule has 0 aliphatic heterocycles. The largest absolute Gasteiger partial charge is 0.493 e. The smallest absolute Gasteiger partial charge is 0.160 e. The summed E-state index contributed by atoms with van der Waals surface area (Å²) in [5.74, 6) is 3.15. The first kappa shape index (κ1) is 29.1. The number of carbonyl (C=O) groups is 1. The fraction of sp³-hybridized carbons (Fsp3) is 0.708. The van der Waals surface area contributed by atoms with Gasteiger partial charge in [-0.2, -0.15) is 0 Å². The highest BCUT2D eigenvalue weighted by atomic mass is 31.0. The lowest BCUT2D eigenvalue weighted by Crippen LogP contribution is -2.09. The molecule has 0 saturated heterocycles. The van der Waals surface area contributed by atoms with Crippen molar-refractivity contribution in [3.8, 4) is 11.5 Å². The number of ether oxygens (including phenoxy) is 2. The highest BCUT2D eigenvalue weighted by Crippen LogP contribution is 2.27. The van der Waals surface area contributed by atoms with E-state index in [2.05, 4.69) is 36.9 Å². The van der Waals surface area contributed by atoms with Gasteiger partial charge in [-0.25, -0.2) is 0 Å². The van der Waals surface area contributed by atoms with Crippen LogP contribution >= 0.6 is 9.24 Å². The zero-order valence-corrected chi connectivity index (χ0v) is 20.8. The molecule has 0 N–H and O–H groups in total. The number of ketones is 1. The SMILES string of the molecule is CCC(C)C(=O)CP.CCCC(C)CCC.CCc1ccc(OC)c(OC)c1. The van der Waals surface area contributed by atoms with E-state index in [0.717, 1.165) is 30.3 Å². The van der Waals surface area contributed by atoms with Gasteiger partial charge in [0.15, 0.2) is 11.5 Å². The van der Waals surface area contributed by atoms with Crippen LogP contribution in [0.2, 0.25) is 0 Å². The second-order valence-corrected chi connectivity index (χ2v) is 7.61. The van der Waals surface area contributed by atoms with Crippen LogP contribution < -0.4 is 9.47 Å². The van der Waals surface area contributed by atoms with E-state index in [-0.39, 0.29) is 5.92 Å². The van der Waals surface area contributed by atoms with Crippen molar-refractivity contribution in [2.24, 2.45) is 11.8 Å². The third-order valence-corrected chi connectivity index (χ3v) is 5.18. The minimum Gasteiger partial charge on any atom is -0.493 e. The minimum absolute atomic E-state index is 0.257. The monoisotopic (exact) mass is 412 g/mol. The second-order valence-electron chi connectivity index (χ2n) is 7.21. The minimum atomic E-state index is 0.257. The summed E-state index contributed by atoms with van der Waals surface area (Å²) in [4.78, 5) is 10.7. The van der Waals surface area contributed by atoms with Crippen molar-refractivity contribution in [3.63, 3.8) is 0 Å². The Bertz CT molecular complexity index is 497. The average molecular weight is 413 g/mol. The van der Waals surface area contributed by atoms with Crippen molar-refractivity contribution in [3.05, 3.63) is 23.8 Å². The summed E-state index contributed by atoms with van der Waals surface area (Å²) in [5.41, 5.74) is 1.26. The molecule has 2 unspecified atom stereocenters. The average Bonchev–Trinajstić information content (AvgIpc) is 2.73. The maximum absolute atomic E-state index is 10.7. The number of aryl methyl sites for hydroxylation is 1. The van der Waals surface area contributed by atoms with Crippen molar-refractivity contribution >= 4 is 15.0 Å². The highest BCUT2D eigenvalue weighted by molar-refractivity contribution is 7.18. The van der Waals surface area contributed by atoms with E-state index >= 15 is 0 Å². The summed E-state index contributed by atoms with van der Waals surface area (Å²) in [6.45, 7) is 13.0. The Balaban J connectivity index is 0. The molecule has 0 fully saturated rings. The van der Waals surface area contributed by atoms with Crippen LogP contribution in [0.1, 0.15) is 79.2 Å². The zero-order valence-electron chi connectivity index (χ0n) is 19.6. The first-order valence-corrected chi connectivity index (χ1v) is 11.6. The second kappa shape index (κ2) is 19.2. The fourth-order valence-electron chi connectivity index (χ4n) is 2.66. The Kier molecular flexibility index (Phi) is 20.0. The summed E-state index contributed by atoms with van der Waals surface area (Å²) in [7, 11) is 5.73. The molecule has 1 aromatic rings. The Hall–Kier alpha value is -1.08. The van der Waals surface area contributed by atoms with E-state index in [9.17, 15) is 4.79 Å². The predicted molar refractivity (Wildman–Crippen MR) is 127 cm³/mol. The molecule has 3 nitrogen and oxygen atoms in total. The maximum atomic E-state index is 10.7. The molecule has 0 amide bonds. The van der Waals surface area contributed by atoms with Gasteiger partial charge in [0.05, 0.1) is 14.2 Å². The summed E-state index contributed by atoms with van der Waals surface area (Å²) >= 11 is 0. The van der Waals surface area contributed by atoms with Crippen molar-refractivity contribution in [2.45, 2.75) is 80.1 Å². The first-order chi connectivity index (χ1) is 13.3. The molecule has 1 aromatic carbocycles. The topological polar surface area (TPSA) is 35.5 Å². The van der Waals surface area contributed by atoms with Crippen LogP contribution in [0.15, 0.2) is 18.2 Å². The van der Waals surface area contributed by atoms with Crippen LogP contribution in [-0.2, 0) is 11.2 Å². The molecular weight excluding hydrogens is 367 g/mol. The molecule has 4 heteroatoms. The molecule has 0 saturated carbocycles. The number of benzene rings is 1. The fourth-order valence-corrected chi connectivity index (χ4v) is 3.06. The third kappa shape index (κ3) is 14.0. The van der Waals surface area contributed by atoms with Crippen molar-refractivity contribution < 1.29 is 14.3 Å². The molecule has 0 radical (unpaired) electrons. The summed E-state index contributed by atoms with van der Waals surface area (Å²) in [6.07, 6.45) is 8.10. The number of rotatable bonds is 10. The summed E-state index contributed by atoms with van der Waals surface area (Å²) < 4.78 is 10.3. The Morgan fingerprint density at radius 1 is 0.964 bits per heavy atom. The van der Waals surface area contributed by atoms with Gasteiger partial charge in [0.25, 0.3) is 0 Å². The van der Waals surface area contributed by atoms with Crippen LogP contribution in [-0.4, -0.2) is 26.2 Å². The molecule has 0 aliphatic carbocycles. The maximum Gasteiger partial charge on any atom is 0.160 e. The first-order valence-electron chi connectivity index (χ1n) is 10.8. The number of methoxy groups -OCH3 is 2. The van der Waals surface area contributed by atoms with E-state index < -0.39 is 0 Å². The van der Waals surface area contributed by atoms with E-state index in [4.69, 9.17) is 9.47 Å². The summed E-state index contributed by atoms with van der Waals surface area (Å²) in [5, 5.41) is 0. The van der Waals surface area contributed by atoms with Gasteiger partial charge in [-0.15, -0.1) is 9.24 Å². The predicted octanol–water partition coefficient (Wildman–Crippen LogP) is 6.97. The van der Waals surface area contributed by atoms with Crippen LogP contribution in [0.5, 0.6) is 11.5 Å². The van der Waals surface area contributed by atoms with Crippen molar-refractivity contribution in [2.75, 3.05) is 20.4 Å². The van der Waals surface area contributed by atoms with Gasteiger partial charge in [-0.1, -0.05) is 73.3 Å². The van der Waals surface area contributed by atoms with E-state index in [1.165, 1.54) is 31.2 Å². The lowest BCUT2D eigenvalue weighted by molar-refractivity contribution is -0.119. The van der Waals surface area contributed by atoms with Gasteiger partial charge in [0, 0.05) is 12.1 Å². The summed E-state index contributed by atoms with van der Waals surface area (Å²) in [6, 6.07) is 5.97. The van der Waals surface area contributed by atoms with Crippen LogP contribution in [0.25, 0.3) is 0 Å². The lowest BCUT2D eigenvalue weighted by Gasteiger charge is -2.07. The molecule has 2 atom stereocenters. The van der Waals surface area contributed by atoms with Gasteiger partial charge in [-0.3, -0.25) is 4.79 Å². The molecule has 1 rings (SSSR count). The standard InChI is InChI=1S/C10H14O2.C8H18.C6H13OP/c1-4-8-5-6-9(11-2)10(7-8)12-3;1-4-6-8(3)7-5-2;1-3-5(2)6(7)4-8/h5-7H,4H2,1-3H3;8H,4-7H2,1-3H3;5H,3-4,8H2,1-2H3. The molecule has 0 aromatic heterocycles. The van der Waals surface area contributed by atoms with Crippen molar-refractivity contribution in [1.82, 2.24) is 0 Å². The van der Waals surface area contributed by atoms with Crippen LogP contribution in [0.3, 0.4) is 0 Å². The number of hydrogen-bond acceptors (Lipinski definition) is 3. The van der Waals surface area contributed by atoms with Gasteiger partial charge in [0.2, 0.25) is 0 Å². The van der Waals surface area contributed by atoms with Crippen molar-refractivity contribution in [1.29, 1.82) is 0 Å². The van der Waals surface area contributed by atoms with Gasteiger partial charge >= 0.3 is 0 Å². The molecule has 28 heavy (non-hydrogen) atoms. The van der Waals surface area contributed by atoms with Gasteiger partial charge in [0.1, 0.15) is 5.78 Å². The lowest BCUT2D eigenvalue weighted by atomic mass is 10.0. The highest BCUT2D eigenvalue weighted by Gasteiger charge is 2.06. The van der Waals surface area contributed by atoms with Gasteiger partial charge < -0.3 is 9.47 Å². The van der Waals surface area contributed by atoms with E-state index in [1.807, 2.05) is 32.0 Å². The Morgan fingerprint density at radius 3 is 1.82 bits per heavy atom. The third-order valence-electron chi connectivity index (χ3n) is 4.78. The molecule has 0 bridgehead atoms. The number of Topliss-reactive ketones (excluding diaryl/α,β-unsaturated/α-hetero) is 1. The molecule has 164 valence electrons. The Labute approximate surface area is 177 Å². The molecule has 0 spiro atoms. The normalized spacial score (nSPS) is 10.9. The molecule has 0 heterocycles. The van der Waals surface area contributed by atoms with Gasteiger partial charge in [-0.05, 0) is 36.5 Å². The quantitative estimate of drug-likeness (QED) is 0.389. The number of carbonyl (C=O) groups excluding carboxylic acids is 1. The van der Waals surface area contributed by atoms with Crippen LogP contribution in [0.4, 0.5) is 0 Å². The molecular formula is C24H45O3P. The van der Waals surface area contributed by atoms with Crippen LogP contribution in [0, 0.1) is 11.8 Å². The zero-order chi connectivity index (χ0) is 21.9. The molecule has 0 aliphatic rings. The number of hydrogen-bond donors (Lipinski definition) is 0. The van der Waals surface area contributed by atoms with E-state index in [0.29, 0.717) is 11.9 Å². The van der Waals surface area contributed by atoms with E-state index in [1.54, 1.807) is 14.2 Å². The Morgan fingerprint density at radius 2 is 1.50 bits per heavy atom.